The van der Waals surface area contributed by atoms with Crippen molar-refractivity contribution in [3.8, 4) is 0 Å². The number of aromatic nitrogens is 2. The lowest BCUT2D eigenvalue weighted by Crippen LogP contribution is -2.47. The predicted octanol–water partition coefficient (Wildman–Crippen LogP) is 4.42. The lowest BCUT2D eigenvalue weighted by molar-refractivity contribution is -0.256. The number of carbonyl (C=O) groups excluding carboxylic acids is 1. The zero-order valence-electron chi connectivity index (χ0n) is 16.6. The monoisotopic (exact) mass is 451 g/mol. The third-order valence-electron chi connectivity index (χ3n) is 5.75. The first kappa shape index (κ1) is 21.4. The van der Waals surface area contributed by atoms with Gasteiger partial charge in [-0.3, -0.25) is 9.48 Å². The maximum absolute atomic E-state index is 13.7. The number of hydrogen-bond acceptors (Lipinski definition) is 4. The third kappa shape index (κ3) is 3.91. The van der Waals surface area contributed by atoms with E-state index in [9.17, 15) is 26.4 Å². The molecular weight excluding hydrogens is 431 g/mol. The Balaban J connectivity index is 1.73. The largest absolute Gasteiger partial charge is 0.396 e. The van der Waals surface area contributed by atoms with Gasteiger partial charge >= 0.3 is 6.18 Å². The van der Waals surface area contributed by atoms with Crippen LogP contribution in [0.4, 0.5) is 18.9 Å². The lowest BCUT2D eigenvalue weighted by Gasteiger charge is -2.43. The summed E-state index contributed by atoms with van der Waals surface area (Å²) in [5, 5.41) is 7.30. The van der Waals surface area contributed by atoms with E-state index in [-0.39, 0.29) is 29.1 Å². The molecule has 0 spiro atoms. The van der Waals surface area contributed by atoms with Crippen molar-refractivity contribution in [3.63, 3.8) is 0 Å². The Morgan fingerprint density at radius 1 is 1.16 bits per heavy atom. The molecule has 1 saturated carbocycles. The van der Waals surface area contributed by atoms with Crippen LogP contribution in [0.3, 0.4) is 0 Å². The van der Waals surface area contributed by atoms with Gasteiger partial charge in [0.2, 0.25) is 0 Å². The van der Waals surface area contributed by atoms with Gasteiger partial charge in [-0.05, 0) is 37.1 Å². The molecule has 1 aromatic heterocycles. The molecule has 0 aliphatic heterocycles. The first-order chi connectivity index (χ1) is 14.5. The van der Waals surface area contributed by atoms with Crippen LogP contribution in [0.1, 0.15) is 29.8 Å². The highest BCUT2D eigenvalue weighted by atomic mass is 32.2. The minimum Gasteiger partial charge on any atom is -0.321 e. The van der Waals surface area contributed by atoms with Crippen molar-refractivity contribution in [1.29, 1.82) is 0 Å². The number of sulfone groups is 1. The summed E-state index contributed by atoms with van der Waals surface area (Å²) in [5.41, 5.74) is -1.26. The number of nitrogens with zero attached hydrogens (tertiary/aromatic N) is 2. The molecule has 1 fully saturated rings. The van der Waals surface area contributed by atoms with Crippen molar-refractivity contribution in [1.82, 2.24) is 9.78 Å². The van der Waals surface area contributed by atoms with E-state index in [1.54, 1.807) is 24.3 Å². The van der Waals surface area contributed by atoms with Gasteiger partial charge in [0.05, 0.1) is 22.4 Å². The Morgan fingerprint density at radius 3 is 2.48 bits per heavy atom. The number of alkyl halides is 3. The lowest BCUT2D eigenvalue weighted by atomic mass is 9.68. The number of nitrogens with one attached hydrogen (secondary N) is 1. The second-order valence-electron chi connectivity index (χ2n) is 7.91. The van der Waals surface area contributed by atoms with E-state index in [2.05, 4.69) is 10.4 Å². The predicted molar refractivity (Wildman–Crippen MR) is 110 cm³/mol. The van der Waals surface area contributed by atoms with Gasteiger partial charge in [0.15, 0.2) is 9.84 Å². The molecule has 164 valence electrons. The molecule has 10 heteroatoms. The summed E-state index contributed by atoms with van der Waals surface area (Å²) in [6.45, 7) is -0.447. The summed E-state index contributed by atoms with van der Waals surface area (Å²) in [6, 6.07) is 12.3. The molecule has 1 aliphatic carbocycles. The van der Waals surface area contributed by atoms with E-state index in [0.717, 1.165) is 10.9 Å². The Labute approximate surface area is 177 Å². The van der Waals surface area contributed by atoms with Crippen LogP contribution >= 0.6 is 0 Å². The second-order valence-corrected chi connectivity index (χ2v) is 9.92. The smallest absolute Gasteiger partial charge is 0.321 e. The molecule has 0 radical (unpaired) electrons. The zero-order chi connectivity index (χ0) is 22.4. The van der Waals surface area contributed by atoms with E-state index in [4.69, 9.17) is 0 Å². The second kappa shape index (κ2) is 7.37. The molecule has 31 heavy (non-hydrogen) atoms. The van der Waals surface area contributed by atoms with E-state index >= 15 is 0 Å². The summed E-state index contributed by atoms with van der Waals surface area (Å²) in [5.74, 6) is -0.656. The van der Waals surface area contributed by atoms with Gasteiger partial charge in [-0.25, -0.2) is 8.42 Å². The van der Waals surface area contributed by atoms with Crippen LogP contribution in [0.15, 0.2) is 53.4 Å². The number of rotatable bonds is 5. The Bertz CT molecular complexity index is 1260. The van der Waals surface area contributed by atoms with Gasteiger partial charge in [0.1, 0.15) is 5.69 Å². The van der Waals surface area contributed by atoms with Gasteiger partial charge < -0.3 is 5.32 Å². The maximum Gasteiger partial charge on any atom is 0.396 e. The normalized spacial score (nSPS) is 16.1. The molecule has 0 atom stereocenters. The summed E-state index contributed by atoms with van der Waals surface area (Å²) >= 11 is 0. The summed E-state index contributed by atoms with van der Waals surface area (Å²) in [7, 11) is -3.49. The molecule has 0 bridgehead atoms. The molecule has 1 N–H and O–H groups in total. The maximum atomic E-state index is 13.7. The number of halogens is 3. The standard InChI is InChI=1S/C21H20F3N3O3S/c1-31(29,30)15-7-4-6-14(12-15)25-19(28)18-16-8-2-3-9-17(16)26-27(18)13-20(10-5-11-20)21(22,23)24/h2-4,6-9,12H,5,10-11,13H2,1H3,(H,25,28). The highest BCUT2D eigenvalue weighted by Gasteiger charge is 2.58. The molecular formula is C21H20F3N3O3S. The molecule has 3 aromatic rings. The quantitative estimate of drug-likeness (QED) is 0.623. The average molecular weight is 451 g/mol. The highest BCUT2D eigenvalue weighted by Crippen LogP contribution is 2.54. The summed E-state index contributed by atoms with van der Waals surface area (Å²) < 4.78 is 65.9. The van der Waals surface area contributed by atoms with Crippen LogP contribution in [-0.2, 0) is 16.4 Å². The fourth-order valence-electron chi connectivity index (χ4n) is 3.85. The molecule has 4 rings (SSSR count). The van der Waals surface area contributed by atoms with Crippen LogP contribution in [0.2, 0.25) is 0 Å². The highest BCUT2D eigenvalue weighted by molar-refractivity contribution is 7.90. The summed E-state index contributed by atoms with van der Waals surface area (Å²) in [6.07, 6.45) is -2.90. The number of benzene rings is 2. The molecule has 6 nitrogen and oxygen atoms in total. The van der Waals surface area contributed by atoms with Crippen LogP contribution in [-0.4, -0.2) is 36.5 Å². The number of amides is 1. The third-order valence-corrected chi connectivity index (χ3v) is 6.86. The van der Waals surface area contributed by atoms with Crippen molar-refractivity contribution in [2.24, 2.45) is 5.41 Å². The molecule has 1 heterocycles. The van der Waals surface area contributed by atoms with E-state index in [0.29, 0.717) is 17.3 Å². The van der Waals surface area contributed by atoms with Crippen LogP contribution in [0.5, 0.6) is 0 Å². The van der Waals surface area contributed by atoms with E-state index < -0.39 is 33.9 Å². The van der Waals surface area contributed by atoms with Gasteiger partial charge in [0.25, 0.3) is 5.91 Å². The number of fused-ring (bicyclic) bond motifs is 1. The van der Waals surface area contributed by atoms with Crippen LogP contribution < -0.4 is 5.32 Å². The number of hydrogen-bond donors (Lipinski definition) is 1. The number of anilines is 1. The van der Waals surface area contributed by atoms with Crippen LogP contribution in [0.25, 0.3) is 10.9 Å². The molecule has 2 aromatic carbocycles. The van der Waals surface area contributed by atoms with Gasteiger partial charge in [-0.1, -0.05) is 30.7 Å². The van der Waals surface area contributed by atoms with Crippen molar-refractivity contribution < 1.29 is 26.4 Å². The fraction of sp³-hybridized carbons (Fsp3) is 0.333. The van der Waals surface area contributed by atoms with Crippen molar-refractivity contribution in [2.45, 2.75) is 36.9 Å². The topological polar surface area (TPSA) is 81.1 Å². The first-order valence-electron chi connectivity index (χ1n) is 9.64. The SMILES string of the molecule is CS(=O)(=O)c1cccc(NC(=O)c2c3ccccc3nn2CC2(C(F)(F)F)CCC2)c1. The average Bonchev–Trinajstić information content (AvgIpc) is 3.01. The van der Waals surface area contributed by atoms with Gasteiger partial charge in [0, 0.05) is 17.3 Å². The Morgan fingerprint density at radius 2 is 1.87 bits per heavy atom. The van der Waals surface area contributed by atoms with E-state index in [1.165, 1.54) is 24.3 Å². The van der Waals surface area contributed by atoms with Crippen molar-refractivity contribution >= 4 is 32.3 Å². The molecule has 0 unspecified atom stereocenters. The molecule has 1 amide bonds. The van der Waals surface area contributed by atoms with Gasteiger partial charge in [-0.2, -0.15) is 18.3 Å². The van der Waals surface area contributed by atoms with Crippen LogP contribution in [0, 0.1) is 5.41 Å². The zero-order valence-corrected chi connectivity index (χ0v) is 17.4. The Hall–Kier alpha value is -2.88. The molecule has 0 saturated heterocycles. The first-order valence-corrected chi connectivity index (χ1v) is 11.5. The Kier molecular flexibility index (Phi) is 5.07. The van der Waals surface area contributed by atoms with Gasteiger partial charge in [-0.15, -0.1) is 0 Å². The molecule has 1 aliphatic rings. The van der Waals surface area contributed by atoms with Crippen molar-refractivity contribution in [2.75, 3.05) is 11.6 Å². The fourth-order valence-corrected chi connectivity index (χ4v) is 4.52. The summed E-state index contributed by atoms with van der Waals surface area (Å²) in [4.78, 5) is 13.1. The number of carbonyl (C=O) groups is 1. The van der Waals surface area contributed by atoms with Crippen molar-refractivity contribution in [3.05, 3.63) is 54.2 Å². The minimum atomic E-state index is -4.40. The minimum absolute atomic E-state index is 0.00975. The van der Waals surface area contributed by atoms with E-state index in [1.807, 2.05) is 0 Å².